The molecule has 1 atom stereocenters. The highest BCUT2D eigenvalue weighted by Gasteiger charge is 2.16. The third-order valence-electron chi connectivity index (χ3n) is 2.53. The Bertz CT molecular complexity index is 440. The van der Waals surface area contributed by atoms with Crippen molar-refractivity contribution in [3.8, 4) is 0 Å². The van der Waals surface area contributed by atoms with Gasteiger partial charge in [-0.05, 0) is 34.5 Å². The van der Waals surface area contributed by atoms with Crippen LogP contribution in [0.3, 0.4) is 0 Å². The molecule has 0 bridgehead atoms. The third-order valence-corrected chi connectivity index (χ3v) is 3.18. The average Bonchev–Trinajstić information content (AvgIpc) is 2.33. The van der Waals surface area contributed by atoms with E-state index in [1.807, 2.05) is 6.92 Å². The van der Waals surface area contributed by atoms with Gasteiger partial charge in [-0.2, -0.15) is 0 Å². The van der Waals surface area contributed by atoms with Gasteiger partial charge in [-0.1, -0.05) is 6.92 Å². The molecule has 0 aromatic heterocycles. The lowest BCUT2D eigenvalue weighted by Gasteiger charge is -2.16. The Morgan fingerprint density at radius 1 is 1.61 bits per heavy atom. The number of halogens is 2. The molecule has 0 saturated heterocycles. The van der Waals surface area contributed by atoms with Crippen LogP contribution >= 0.6 is 15.9 Å². The lowest BCUT2D eigenvalue weighted by atomic mass is 10.1. The molecule has 1 unspecified atom stereocenters. The summed E-state index contributed by atoms with van der Waals surface area (Å²) in [5.41, 5.74) is 5.70. The van der Waals surface area contributed by atoms with E-state index in [4.69, 9.17) is 10.5 Å². The zero-order chi connectivity index (χ0) is 13.7. The summed E-state index contributed by atoms with van der Waals surface area (Å²) in [6.45, 7) is 2.37. The summed E-state index contributed by atoms with van der Waals surface area (Å²) in [4.78, 5) is 12.0. The number of benzene rings is 1. The molecule has 6 heteroatoms. The number of carbonyl (C=O) groups is 1. The molecule has 18 heavy (non-hydrogen) atoms. The van der Waals surface area contributed by atoms with Crippen LogP contribution in [0.15, 0.2) is 16.6 Å². The number of hydrogen-bond donors (Lipinski definition) is 2. The van der Waals surface area contributed by atoms with Crippen molar-refractivity contribution in [2.45, 2.75) is 19.4 Å². The Balaban J connectivity index is 2.87. The maximum absolute atomic E-state index is 13.2. The Morgan fingerprint density at radius 2 is 2.28 bits per heavy atom. The van der Waals surface area contributed by atoms with Crippen LogP contribution in [-0.4, -0.2) is 25.7 Å². The Labute approximate surface area is 114 Å². The van der Waals surface area contributed by atoms with Gasteiger partial charge in [0.15, 0.2) is 0 Å². The molecular weight excluding hydrogens is 303 g/mol. The normalized spacial score (nSPS) is 12.2. The number of methoxy groups -OCH3 is 1. The van der Waals surface area contributed by atoms with Crippen LogP contribution in [0.25, 0.3) is 0 Å². The second-order valence-corrected chi connectivity index (χ2v) is 4.74. The van der Waals surface area contributed by atoms with Gasteiger partial charge in [0.2, 0.25) is 0 Å². The topological polar surface area (TPSA) is 64.3 Å². The second-order valence-electron chi connectivity index (χ2n) is 3.89. The number of ether oxygens (including phenoxy) is 1. The molecule has 0 fully saturated rings. The van der Waals surface area contributed by atoms with E-state index in [0.29, 0.717) is 16.6 Å². The Morgan fingerprint density at radius 3 is 2.83 bits per heavy atom. The van der Waals surface area contributed by atoms with Gasteiger partial charge < -0.3 is 15.8 Å². The Hall–Kier alpha value is -1.14. The van der Waals surface area contributed by atoms with Crippen molar-refractivity contribution in [3.05, 3.63) is 28.0 Å². The van der Waals surface area contributed by atoms with E-state index in [-0.39, 0.29) is 17.6 Å². The zero-order valence-electron chi connectivity index (χ0n) is 10.3. The minimum Gasteiger partial charge on any atom is -0.396 e. The van der Waals surface area contributed by atoms with E-state index in [1.54, 1.807) is 7.11 Å². The SMILES string of the molecule is CCC(COC)NC(=O)c1cc(N)c(F)cc1Br. The van der Waals surface area contributed by atoms with Crippen molar-refractivity contribution in [1.82, 2.24) is 5.32 Å². The molecule has 1 aromatic rings. The minimum absolute atomic E-state index is 0.0526. The Kier molecular flexibility index (Phi) is 5.55. The van der Waals surface area contributed by atoms with Crippen LogP contribution in [0.2, 0.25) is 0 Å². The van der Waals surface area contributed by atoms with Gasteiger partial charge in [0.1, 0.15) is 5.82 Å². The zero-order valence-corrected chi connectivity index (χ0v) is 11.9. The van der Waals surface area contributed by atoms with Crippen molar-refractivity contribution in [1.29, 1.82) is 0 Å². The molecule has 0 aliphatic heterocycles. The molecule has 3 N–H and O–H groups in total. The van der Waals surface area contributed by atoms with E-state index < -0.39 is 5.82 Å². The lowest BCUT2D eigenvalue weighted by Crippen LogP contribution is -2.37. The van der Waals surface area contributed by atoms with Crippen LogP contribution in [-0.2, 0) is 4.74 Å². The molecule has 0 aliphatic rings. The summed E-state index contributed by atoms with van der Waals surface area (Å²) in [6, 6.07) is 2.41. The minimum atomic E-state index is -0.553. The molecular formula is C12H16BrFN2O2. The molecule has 0 saturated carbocycles. The highest BCUT2D eigenvalue weighted by Crippen LogP contribution is 2.22. The summed E-state index contributed by atoms with van der Waals surface area (Å²) in [5.74, 6) is -0.861. The molecule has 1 rings (SSSR count). The van der Waals surface area contributed by atoms with Crippen molar-refractivity contribution in [3.63, 3.8) is 0 Å². The average molecular weight is 319 g/mol. The lowest BCUT2D eigenvalue weighted by molar-refractivity contribution is 0.0894. The maximum atomic E-state index is 13.2. The summed E-state index contributed by atoms with van der Waals surface area (Å²) >= 11 is 3.15. The van der Waals surface area contributed by atoms with E-state index in [0.717, 1.165) is 6.42 Å². The number of nitrogens with one attached hydrogen (secondary N) is 1. The van der Waals surface area contributed by atoms with Gasteiger partial charge in [0.05, 0.1) is 23.9 Å². The van der Waals surface area contributed by atoms with Gasteiger partial charge in [-0.15, -0.1) is 0 Å². The molecule has 1 aromatic carbocycles. The summed E-state index contributed by atoms with van der Waals surface area (Å²) < 4.78 is 18.5. The van der Waals surface area contributed by atoms with Crippen LogP contribution in [0.4, 0.5) is 10.1 Å². The predicted molar refractivity (Wildman–Crippen MR) is 71.9 cm³/mol. The van der Waals surface area contributed by atoms with Gasteiger partial charge >= 0.3 is 0 Å². The monoisotopic (exact) mass is 318 g/mol. The molecule has 4 nitrogen and oxygen atoms in total. The van der Waals surface area contributed by atoms with Crippen molar-refractivity contribution >= 4 is 27.5 Å². The summed E-state index contributed by atoms with van der Waals surface area (Å²) in [7, 11) is 1.57. The number of nitrogen functional groups attached to an aromatic ring is 1. The third kappa shape index (κ3) is 3.68. The van der Waals surface area contributed by atoms with E-state index in [2.05, 4.69) is 21.2 Å². The quantitative estimate of drug-likeness (QED) is 0.819. The first kappa shape index (κ1) is 14.9. The van der Waals surface area contributed by atoms with Gasteiger partial charge in [0.25, 0.3) is 5.91 Å². The number of rotatable bonds is 5. The number of carbonyl (C=O) groups excluding carboxylic acids is 1. The molecule has 0 aliphatic carbocycles. The van der Waals surface area contributed by atoms with Crippen molar-refractivity contribution in [2.24, 2.45) is 0 Å². The van der Waals surface area contributed by atoms with E-state index in [1.165, 1.54) is 12.1 Å². The summed E-state index contributed by atoms with van der Waals surface area (Å²) in [6.07, 6.45) is 0.744. The van der Waals surface area contributed by atoms with E-state index in [9.17, 15) is 9.18 Å². The number of hydrogen-bond acceptors (Lipinski definition) is 3. The van der Waals surface area contributed by atoms with E-state index >= 15 is 0 Å². The molecule has 0 radical (unpaired) electrons. The van der Waals surface area contributed by atoms with Crippen LogP contribution < -0.4 is 11.1 Å². The van der Waals surface area contributed by atoms with Gasteiger partial charge in [-0.25, -0.2) is 4.39 Å². The fourth-order valence-electron chi connectivity index (χ4n) is 1.47. The van der Waals surface area contributed by atoms with Gasteiger partial charge in [-0.3, -0.25) is 4.79 Å². The number of anilines is 1. The first-order chi connectivity index (χ1) is 8.49. The van der Waals surface area contributed by atoms with Crippen LogP contribution in [0.1, 0.15) is 23.7 Å². The number of nitrogens with two attached hydrogens (primary N) is 1. The molecule has 1 amide bonds. The highest BCUT2D eigenvalue weighted by molar-refractivity contribution is 9.10. The first-order valence-electron chi connectivity index (χ1n) is 5.53. The van der Waals surface area contributed by atoms with Crippen molar-refractivity contribution in [2.75, 3.05) is 19.5 Å². The second kappa shape index (κ2) is 6.70. The smallest absolute Gasteiger partial charge is 0.252 e. The van der Waals surface area contributed by atoms with Crippen molar-refractivity contribution < 1.29 is 13.9 Å². The molecule has 0 spiro atoms. The summed E-state index contributed by atoms with van der Waals surface area (Å²) in [5, 5.41) is 2.80. The standard InChI is InChI=1S/C12H16BrFN2O2/c1-3-7(6-18-2)16-12(17)8-4-11(15)10(14)5-9(8)13/h4-5,7H,3,6,15H2,1-2H3,(H,16,17). The number of amides is 1. The maximum Gasteiger partial charge on any atom is 0.252 e. The van der Waals surface area contributed by atoms with Gasteiger partial charge in [0, 0.05) is 11.6 Å². The largest absolute Gasteiger partial charge is 0.396 e. The molecule has 0 heterocycles. The fourth-order valence-corrected chi connectivity index (χ4v) is 1.96. The fraction of sp³-hybridized carbons (Fsp3) is 0.417. The highest BCUT2D eigenvalue weighted by atomic mass is 79.9. The predicted octanol–water partition coefficient (Wildman–Crippen LogP) is 2.33. The van der Waals surface area contributed by atoms with Crippen LogP contribution in [0.5, 0.6) is 0 Å². The van der Waals surface area contributed by atoms with Crippen LogP contribution in [0, 0.1) is 5.82 Å². The molecule has 100 valence electrons. The first-order valence-corrected chi connectivity index (χ1v) is 6.33.